The van der Waals surface area contributed by atoms with Gasteiger partial charge >= 0.3 is 0 Å². The second-order valence-electron chi connectivity index (χ2n) is 5.23. The quantitative estimate of drug-likeness (QED) is 0.446. The molecule has 126 valence electrons. The third-order valence-electron chi connectivity index (χ3n) is 3.68. The van der Waals surface area contributed by atoms with E-state index in [1.54, 1.807) is 11.3 Å². The van der Waals surface area contributed by atoms with E-state index in [9.17, 15) is 0 Å². The Labute approximate surface area is 157 Å². The van der Waals surface area contributed by atoms with Gasteiger partial charge in [-0.2, -0.15) is 5.10 Å². The molecule has 0 aromatic carbocycles. The fraction of sp³-hybridized carbons (Fsp3) is 0.467. The van der Waals surface area contributed by atoms with Gasteiger partial charge in [0.05, 0.1) is 25.9 Å². The highest BCUT2D eigenvalue weighted by Crippen LogP contribution is 2.21. The third-order valence-corrected chi connectivity index (χ3v) is 4.55. The highest BCUT2D eigenvalue weighted by Gasteiger charge is 2.25. The molecule has 2 aromatic heterocycles. The second-order valence-corrected chi connectivity index (χ2v) is 6.27. The van der Waals surface area contributed by atoms with Gasteiger partial charge in [-0.25, -0.2) is 0 Å². The van der Waals surface area contributed by atoms with E-state index in [4.69, 9.17) is 4.74 Å². The minimum Gasteiger partial charge on any atom is -0.370 e. The summed E-state index contributed by atoms with van der Waals surface area (Å²) >= 11 is 1.75. The number of ether oxygens (including phenoxy) is 1. The number of morpholine rings is 1. The van der Waals surface area contributed by atoms with Gasteiger partial charge in [-0.1, -0.05) is 6.07 Å². The van der Waals surface area contributed by atoms with E-state index < -0.39 is 0 Å². The SMILES string of the molecule is CN=C(NCc1cccs1)N1CCOC(c2cnn(C)c2)C1.I. The summed E-state index contributed by atoms with van der Waals surface area (Å²) in [5, 5.41) is 9.74. The number of aliphatic imine (C=N–C) groups is 1. The predicted molar refractivity (Wildman–Crippen MR) is 103 cm³/mol. The van der Waals surface area contributed by atoms with E-state index in [2.05, 4.69) is 37.8 Å². The van der Waals surface area contributed by atoms with E-state index >= 15 is 0 Å². The average molecular weight is 447 g/mol. The highest BCUT2D eigenvalue weighted by atomic mass is 127. The molecule has 0 aliphatic carbocycles. The van der Waals surface area contributed by atoms with Gasteiger partial charge < -0.3 is 15.0 Å². The number of aryl methyl sites for hydroxylation is 1. The van der Waals surface area contributed by atoms with Crippen molar-refractivity contribution in [3.05, 3.63) is 40.3 Å². The lowest BCUT2D eigenvalue weighted by Gasteiger charge is -2.34. The van der Waals surface area contributed by atoms with Crippen LogP contribution in [0.25, 0.3) is 0 Å². The van der Waals surface area contributed by atoms with E-state index in [-0.39, 0.29) is 30.1 Å². The molecule has 0 saturated carbocycles. The van der Waals surface area contributed by atoms with Crippen LogP contribution in [0.4, 0.5) is 0 Å². The van der Waals surface area contributed by atoms with Gasteiger partial charge in [-0.3, -0.25) is 9.67 Å². The van der Waals surface area contributed by atoms with Crippen molar-refractivity contribution >= 4 is 41.3 Å². The lowest BCUT2D eigenvalue weighted by atomic mass is 10.1. The first-order valence-corrected chi connectivity index (χ1v) is 8.22. The molecule has 2 aromatic rings. The number of guanidine groups is 1. The summed E-state index contributed by atoms with van der Waals surface area (Å²) in [7, 11) is 3.75. The predicted octanol–water partition coefficient (Wildman–Crippen LogP) is 2.25. The first-order chi connectivity index (χ1) is 10.8. The van der Waals surface area contributed by atoms with Crippen molar-refractivity contribution in [2.75, 3.05) is 26.7 Å². The number of thiophene rings is 1. The molecule has 1 unspecified atom stereocenters. The molecular weight excluding hydrogens is 425 g/mol. The molecule has 8 heteroatoms. The zero-order valence-electron chi connectivity index (χ0n) is 13.3. The lowest BCUT2D eigenvalue weighted by Crippen LogP contribution is -2.47. The molecule has 23 heavy (non-hydrogen) atoms. The molecule has 0 amide bonds. The van der Waals surface area contributed by atoms with Gasteiger partial charge in [0.2, 0.25) is 0 Å². The Morgan fingerprint density at radius 1 is 1.57 bits per heavy atom. The first kappa shape index (κ1) is 18.2. The molecule has 0 bridgehead atoms. The highest BCUT2D eigenvalue weighted by molar-refractivity contribution is 14.0. The maximum Gasteiger partial charge on any atom is 0.194 e. The molecule has 1 fully saturated rings. The number of rotatable bonds is 3. The van der Waals surface area contributed by atoms with Gasteiger partial charge in [0.1, 0.15) is 6.10 Å². The normalized spacial score (nSPS) is 18.6. The molecule has 0 radical (unpaired) electrons. The van der Waals surface area contributed by atoms with Crippen molar-refractivity contribution in [1.82, 2.24) is 20.0 Å². The van der Waals surface area contributed by atoms with E-state index in [0.29, 0.717) is 6.61 Å². The van der Waals surface area contributed by atoms with Crippen LogP contribution in [0.1, 0.15) is 16.5 Å². The maximum absolute atomic E-state index is 5.88. The van der Waals surface area contributed by atoms with E-state index in [1.165, 1.54) is 4.88 Å². The zero-order chi connectivity index (χ0) is 15.4. The number of hydrogen-bond donors (Lipinski definition) is 1. The van der Waals surface area contributed by atoms with Gasteiger partial charge in [-0.05, 0) is 11.4 Å². The van der Waals surface area contributed by atoms with Crippen molar-refractivity contribution in [3.8, 4) is 0 Å². The van der Waals surface area contributed by atoms with Crippen molar-refractivity contribution in [3.63, 3.8) is 0 Å². The van der Waals surface area contributed by atoms with Crippen LogP contribution in [0.5, 0.6) is 0 Å². The molecule has 6 nitrogen and oxygen atoms in total. The van der Waals surface area contributed by atoms with Crippen molar-refractivity contribution in [2.45, 2.75) is 12.6 Å². The number of nitrogens with one attached hydrogen (secondary N) is 1. The van der Waals surface area contributed by atoms with E-state index in [0.717, 1.165) is 31.2 Å². The van der Waals surface area contributed by atoms with Crippen molar-refractivity contribution in [1.29, 1.82) is 0 Å². The number of hydrogen-bond acceptors (Lipinski definition) is 4. The van der Waals surface area contributed by atoms with Crippen LogP contribution in [-0.4, -0.2) is 47.4 Å². The van der Waals surface area contributed by atoms with Gasteiger partial charge in [0.15, 0.2) is 5.96 Å². The van der Waals surface area contributed by atoms with Crippen molar-refractivity contribution < 1.29 is 4.74 Å². The minimum atomic E-state index is 0. The number of aromatic nitrogens is 2. The third kappa shape index (κ3) is 4.67. The average Bonchev–Trinajstić information content (AvgIpc) is 3.20. The molecule has 0 spiro atoms. The van der Waals surface area contributed by atoms with Crippen LogP contribution in [0.2, 0.25) is 0 Å². The van der Waals surface area contributed by atoms with Crippen LogP contribution in [0.15, 0.2) is 34.9 Å². The van der Waals surface area contributed by atoms with Gasteiger partial charge in [-0.15, -0.1) is 35.3 Å². The molecule has 1 N–H and O–H groups in total. The van der Waals surface area contributed by atoms with Crippen LogP contribution >= 0.6 is 35.3 Å². The van der Waals surface area contributed by atoms with Crippen LogP contribution in [-0.2, 0) is 18.3 Å². The van der Waals surface area contributed by atoms with E-state index in [1.807, 2.05) is 31.2 Å². The molecule has 1 aliphatic heterocycles. The summed E-state index contributed by atoms with van der Waals surface area (Å²) in [6, 6.07) is 4.19. The second kappa shape index (κ2) is 8.65. The number of halogens is 1. The standard InChI is InChI=1S/C15H21N5OS.HI/c1-16-15(17-9-13-4-3-7-22-13)20-5-6-21-14(11-20)12-8-18-19(2)10-12;/h3-4,7-8,10,14H,5-6,9,11H2,1-2H3,(H,16,17);1H. The largest absolute Gasteiger partial charge is 0.370 e. The van der Waals surface area contributed by atoms with Crippen LogP contribution in [0, 0.1) is 0 Å². The van der Waals surface area contributed by atoms with Crippen LogP contribution < -0.4 is 5.32 Å². The zero-order valence-corrected chi connectivity index (χ0v) is 16.5. The minimum absolute atomic E-state index is 0. The summed E-state index contributed by atoms with van der Waals surface area (Å²) < 4.78 is 7.68. The topological polar surface area (TPSA) is 54.7 Å². The first-order valence-electron chi connectivity index (χ1n) is 7.34. The van der Waals surface area contributed by atoms with Crippen LogP contribution in [0.3, 0.4) is 0 Å². The molecule has 1 saturated heterocycles. The Balaban J connectivity index is 0.00000192. The van der Waals surface area contributed by atoms with Crippen molar-refractivity contribution in [2.24, 2.45) is 12.0 Å². The Bertz CT molecular complexity index is 628. The lowest BCUT2D eigenvalue weighted by molar-refractivity contribution is -0.00804. The summed E-state index contributed by atoms with van der Waals surface area (Å²) in [6.45, 7) is 3.13. The van der Waals surface area contributed by atoms with Gasteiger partial charge in [0, 0.05) is 37.3 Å². The molecule has 3 heterocycles. The summed E-state index contributed by atoms with van der Waals surface area (Å²) in [5.41, 5.74) is 1.11. The summed E-state index contributed by atoms with van der Waals surface area (Å²) in [4.78, 5) is 7.95. The van der Waals surface area contributed by atoms with Gasteiger partial charge in [0.25, 0.3) is 0 Å². The summed E-state index contributed by atoms with van der Waals surface area (Å²) in [6.07, 6.45) is 3.93. The summed E-state index contributed by atoms with van der Waals surface area (Å²) in [5.74, 6) is 0.922. The molecule has 1 atom stereocenters. The number of nitrogens with zero attached hydrogens (tertiary/aromatic N) is 4. The fourth-order valence-electron chi connectivity index (χ4n) is 2.56. The molecular formula is C15H22IN5OS. The Hall–Kier alpha value is -1.13. The smallest absolute Gasteiger partial charge is 0.194 e. The monoisotopic (exact) mass is 447 g/mol. The molecule has 3 rings (SSSR count). The Morgan fingerprint density at radius 2 is 2.43 bits per heavy atom. The Kier molecular flexibility index (Phi) is 6.85. The molecule has 1 aliphatic rings. The Morgan fingerprint density at radius 3 is 3.09 bits per heavy atom. The fourth-order valence-corrected chi connectivity index (χ4v) is 3.21. The maximum atomic E-state index is 5.88.